The predicted molar refractivity (Wildman–Crippen MR) is 230 cm³/mol. The highest BCUT2D eigenvalue weighted by Gasteiger charge is 2.42. The summed E-state index contributed by atoms with van der Waals surface area (Å²) in [4.78, 5) is 71.6. The summed E-state index contributed by atoms with van der Waals surface area (Å²) in [6.45, 7) is 1.93. The summed E-state index contributed by atoms with van der Waals surface area (Å²) in [7, 11) is 0. The van der Waals surface area contributed by atoms with Crippen molar-refractivity contribution in [2.75, 3.05) is 17.2 Å². The van der Waals surface area contributed by atoms with Crippen molar-refractivity contribution >= 4 is 97.8 Å². The molecule has 1 aliphatic carbocycles. The van der Waals surface area contributed by atoms with Gasteiger partial charge in [-0.3, -0.25) is 28.6 Å². The van der Waals surface area contributed by atoms with Crippen LogP contribution in [0.2, 0.25) is 0 Å². The van der Waals surface area contributed by atoms with E-state index in [1.54, 1.807) is 6.08 Å². The first kappa shape index (κ1) is 44.1. The summed E-state index contributed by atoms with van der Waals surface area (Å²) >= 11 is 9.56. The van der Waals surface area contributed by atoms with Gasteiger partial charge in [0.15, 0.2) is 0 Å². The lowest BCUT2D eigenvalue weighted by Gasteiger charge is -2.27. The van der Waals surface area contributed by atoms with Crippen LogP contribution < -0.4 is 19.7 Å². The number of carboxylic acids is 2. The predicted octanol–water partition coefficient (Wildman–Crippen LogP) is 7.48. The Morgan fingerprint density at radius 1 is 0.930 bits per heavy atom. The van der Waals surface area contributed by atoms with Crippen LogP contribution in [0.5, 0.6) is 0 Å². The van der Waals surface area contributed by atoms with E-state index in [9.17, 15) is 24.3 Å². The van der Waals surface area contributed by atoms with E-state index >= 15 is 0 Å². The first-order chi connectivity index (χ1) is 27.6. The van der Waals surface area contributed by atoms with E-state index in [1.807, 2.05) is 17.8 Å². The van der Waals surface area contributed by atoms with Gasteiger partial charge in [-0.05, 0) is 91.5 Å². The first-order valence-electron chi connectivity index (χ1n) is 19.7. The summed E-state index contributed by atoms with van der Waals surface area (Å²) in [5.41, 5.74) is 4.04. The smallest absolute Gasteiger partial charge is 0.373 e. The number of thioether (sulfide) groups is 2. The molecule has 15 heteroatoms. The third kappa shape index (κ3) is 11.4. The number of rotatable bonds is 19. The van der Waals surface area contributed by atoms with Gasteiger partial charge in [0.25, 0.3) is 11.5 Å². The average Bonchev–Trinajstić information content (AvgIpc) is 3.92. The lowest BCUT2D eigenvalue weighted by molar-refractivity contribution is -0.191. The molecule has 2 N–H and O–H groups in total. The fraction of sp³-hybridized carbons (Fsp3) is 0.476. The highest BCUT2D eigenvalue weighted by atomic mass is 32.2. The molecule has 0 bridgehead atoms. The van der Waals surface area contributed by atoms with Crippen LogP contribution in [0.15, 0.2) is 52.2 Å². The zero-order valence-corrected chi connectivity index (χ0v) is 35.4. The van der Waals surface area contributed by atoms with E-state index in [4.69, 9.17) is 26.9 Å². The van der Waals surface area contributed by atoms with Crippen LogP contribution in [0.1, 0.15) is 114 Å². The Labute approximate surface area is 350 Å². The average molecular weight is 852 g/mol. The van der Waals surface area contributed by atoms with Crippen molar-refractivity contribution < 1.29 is 34.2 Å². The number of carboxylic acid groups (broad SMARTS) is 2. The molecule has 2 fully saturated rings. The zero-order chi connectivity index (χ0) is 40.9. The monoisotopic (exact) mass is 851 g/mol. The molecular weight excluding hydrogens is 803 g/mol. The summed E-state index contributed by atoms with van der Waals surface area (Å²) in [6, 6.07) is 15.7. The third-order valence-corrected chi connectivity index (χ3v) is 14.3. The number of thiazole rings is 1. The number of nitrogens with zero attached hydrogens (tertiary/aromatic N) is 3. The topological polar surface area (TPSA) is 154 Å². The van der Waals surface area contributed by atoms with Crippen molar-refractivity contribution in [2.45, 2.75) is 120 Å². The maximum Gasteiger partial charge on any atom is 0.373 e. The number of aromatic nitrogens is 1. The molecule has 0 radical (unpaired) electrons. The van der Waals surface area contributed by atoms with Crippen LogP contribution in [0.4, 0.5) is 11.4 Å². The second kappa shape index (κ2) is 21.7. The van der Waals surface area contributed by atoms with Crippen LogP contribution in [-0.2, 0) is 30.5 Å². The molecule has 2 aromatic carbocycles. The van der Waals surface area contributed by atoms with Crippen LogP contribution in [0, 0.1) is 0 Å². The molecule has 11 nitrogen and oxygen atoms in total. The Balaban J connectivity index is 0.00000200. The first-order valence-corrected chi connectivity index (χ1v) is 22.7. The summed E-state index contributed by atoms with van der Waals surface area (Å²) < 4.78 is 2.06. The molecule has 3 heterocycles. The van der Waals surface area contributed by atoms with Crippen LogP contribution in [0.25, 0.3) is 11.0 Å². The molecule has 1 aromatic heterocycles. The Morgan fingerprint density at radius 3 is 2.32 bits per heavy atom. The van der Waals surface area contributed by atoms with Gasteiger partial charge in [-0.15, -0.1) is 23.1 Å². The molecule has 1 saturated carbocycles. The molecule has 2 atom stereocenters. The molecule has 0 spiro atoms. The van der Waals surface area contributed by atoms with E-state index in [0.717, 1.165) is 58.2 Å². The zero-order valence-electron chi connectivity index (χ0n) is 32.1. The normalized spacial score (nSPS) is 18.4. The van der Waals surface area contributed by atoms with Gasteiger partial charge in [0.1, 0.15) is 20.4 Å². The molecule has 57 heavy (non-hydrogen) atoms. The molecule has 2 aliphatic heterocycles. The fourth-order valence-electron chi connectivity index (χ4n) is 7.81. The van der Waals surface area contributed by atoms with E-state index < -0.39 is 29.9 Å². The Kier molecular flexibility index (Phi) is 16.8. The number of aliphatic carboxylic acids is 2. The quantitative estimate of drug-likeness (QED) is 0.0698. The number of carbonyl (C=O) groups excluding carboxylic acids is 3. The van der Waals surface area contributed by atoms with Crippen LogP contribution in [-0.4, -0.2) is 66.3 Å². The second-order valence-corrected chi connectivity index (χ2v) is 18.2. The number of hydrogen-bond acceptors (Lipinski definition) is 11. The Hall–Kier alpha value is -4.01. The number of hydrogen-bond donors (Lipinski definition) is 2. The minimum absolute atomic E-state index is 0.00524. The van der Waals surface area contributed by atoms with Gasteiger partial charge in [0.2, 0.25) is 0 Å². The minimum Gasteiger partial charge on any atom is -0.481 e. The number of carbonyl (C=O) groups is 3. The van der Waals surface area contributed by atoms with Crippen molar-refractivity contribution in [2.24, 2.45) is 0 Å². The third-order valence-electron chi connectivity index (χ3n) is 10.5. The van der Waals surface area contributed by atoms with E-state index in [2.05, 4.69) is 48.2 Å². The summed E-state index contributed by atoms with van der Waals surface area (Å²) in [6.07, 6.45) is 16.9. The van der Waals surface area contributed by atoms with Crippen molar-refractivity contribution in [3.8, 4) is 0 Å². The molecule has 3 aliphatic rings. The minimum atomic E-state index is -1.19. The van der Waals surface area contributed by atoms with E-state index in [0.29, 0.717) is 33.7 Å². The van der Waals surface area contributed by atoms with Gasteiger partial charge in [-0.2, -0.15) is 9.59 Å². The maximum absolute atomic E-state index is 13.7. The molecule has 1 saturated heterocycles. The van der Waals surface area contributed by atoms with Crippen molar-refractivity contribution in [1.82, 2.24) is 9.47 Å². The number of anilines is 2. The van der Waals surface area contributed by atoms with E-state index in [1.165, 1.54) is 78.1 Å². The highest BCUT2D eigenvalue weighted by molar-refractivity contribution is 8.30. The van der Waals surface area contributed by atoms with E-state index in [-0.39, 0.29) is 28.7 Å². The van der Waals surface area contributed by atoms with Gasteiger partial charge in [-0.25, -0.2) is 0 Å². The number of unbranched alkanes of at least 4 members (excludes halogenated alkanes) is 8. The summed E-state index contributed by atoms with van der Waals surface area (Å²) in [5.74, 6) is -0.954. The standard InChI is InChI=1S/C41H49N3O6S4.CO2/c1-2-3-4-5-6-7-8-11-23-52-29-19-17-28(18-20-29)44-32-14-12-13-30(32)31-24-27(16-21-33(31)44)25-34-38(49)43(26-36(47)48)40(53-34)37-39(50)42(41(51)54-37)22-10-9-15-35(45)46;2-1-3/h16-21,24-25,30,32H,2-15,22-23,26H2,1H3,(H,45,46)(H,47,48);/b34-25-,40-37+;. The van der Waals surface area contributed by atoms with Gasteiger partial charge in [0, 0.05) is 41.2 Å². The lowest BCUT2D eigenvalue weighted by atomic mass is 9.96. The Morgan fingerprint density at radius 2 is 1.63 bits per heavy atom. The van der Waals surface area contributed by atoms with Crippen molar-refractivity contribution in [3.05, 3.63) is 73.1 Å². The largest absolute Gasteiger partial charge is 0.481 e. The molecule has 6 rings (SSSR count). The molecule has 1 amide bonds. The van der Waals surface area contributed by atoms with Crippen molar-refractivity contribution in [3.63, 3.8) is 0 Å². The Bertz CT molecular complexity index is 2140. The second-order valence-electron chi connectivity index (χ2n) is 14.4. The maximum atomic E-state index is 13.7. The SMILES string of the molecule is CCCCCCCCCCSc1ccc(N2c3ccc(/C=c4\s/c(=C5/SC(=S)N(CCCCC(=O)O)C5=O)n(CC(=O)O)c4=O)cc3C3CCCC32)cc1.O=C=O. The molecule has 2 unspecified atom stereocenters. The van der Waals surface area contributed by atoms with Gasteiger partial charge >= 0.3 is 18.1 Å². The summed E-state index contributed by atoms with van der Waals surface area (Å²) in [5, 5.41) is 18.6. The molecule has 3 aromatic rings. The molecular formula is C42H49N3O8S4. The lowest BCUT2D eigenvalue weighted by Crippen LogP contribution is -2.35. The highest BCUT2D eigenvalue weighted by Crippen LogP contribution is 2.52. The van der Waals surface area contributed by atoms with Gasteiger partial charge in [0.05, 0.1) is 4.53 Å². The van der Waals surface area contributed by atoms with Crippen LogP contribution >= 0.6 is 47.1 Å². The number of thiocarbonyl (C=S) groups is 1. The van der Waals surface area contributed by atoms with Gasteiger partial charge in [-0.1, -0.05) is 88.3 Å². The van der Waals surface area contributed by atoms with Crippen LogP contribution in [0.3, 0.4) is 0 Å². The molecule has 304 valence electrons. The van der Waals surface area contributed by atoms with Gasteiger partial charge < -0.3 is 15.1 Å². The van der Waals surface area contributed by atoms with Crippen molar-refractivity contribution in [1.29, 1.82) is 0 Å². The number of benzene rings is 2. The fourth-order valence-corrected chi connectivity index (χ4v) is 11.3. The number of fused-ring (bicyclic) bond motifs is 3. The number of amides is 1.